The van der Waals surface area contributed by atoms with Gasteiger partial charge in [0, 0.05) is 20.1 Å². The van der Waals surface area contributed by atoms with Crippen LogP contribution in [0.25, 0.3) is 0 Å². The lowest BCUT2D eigenvalue weighted by Crippen LogP contribution is -2.45. The number of hydrogen-bond donors (Lipinski definition) is 3. The predicted molar refractivity (Wildman–Crippen MR) is 65.2 cm³/mol. The van der Waals surface area contributed by atoms with E-state index < -0.39 is 18.4 Å². The average molecular weight is 260 g/mol. The average Bonchev–Trinajstić information content (AvgIpc) is 2.30. The SMILES string of the molecule is CN(C)CCN(C)C(=O)NCC(=O)NCC(=O)O. The number of carbonyl (C=O) groups excluding carboxylic acids is 2. The zero-order chi connectivity index (χ0) is 14.1. The van der Waals surface area contributed by atoms with Crippen LogP contribution in [0.15, 0.2) is 0 Å². The molecule has 0 aliphatic rings. The van der Waals surface area contributed by atoms with Gasteiger partial charge in [-0.05, 0) is 14.1 Å². The summed E-state index contributed by atoms with van der Waals surface area (Å²) in [5, 5.41) is 12.9. The van der Waals surface area contributed by atoms with Crippen LogP contribution in [0, 0.1) is 0 Å². The highest BCUT2D eigenvalue weighted by Crippen LogP contribution is 1.85. The van der Waals surface area contributed by atoms with Gasteiger partial charge in [0.15, 0.2) is 0 Å². The number of carboxylic acids is 1. The highest BCUT2D eigenvalue weighted by molar-refractivity contribution is 5.86. The van der Waals surface area contributed by atoms with Gasteiger partial charge in [0.1, 0.15) is 6.54 Å². The quantitative estimate of drug-likeness (QED) is 0.511. The molecule has 0 aliphatic carbocycles. The maximum atomic E-state index is 11.5. The van der Waals surface area contributed by atoms with Gasteiger partial charge in [-0.3, -0.25) is 9.59 Å². The number of nitrogens with zero attached hydrogens (tertiary/aromatic N) is 2. The van der Waals surface area contributed by atoms with Gasteiger partial charge in [0.25, 0.3) is 0 Å². The monoisotopic (exact) mass is 260 g/mol. The fourth-order valence-corrected chi connectivity index (χ4v) is 0.979. The van der Waals surface area contributed by atoms with Crippen molar-refractivity contribution in [3.8, 4) is 0 Å². The Morgan fingerprint density at radius 2 is 1.61 bits per heavy atom. The number of urea groups is 1. The topological polar surface area (TPSA) is 102 Å². The number of nitrogens with one attached hydrogen (secondary N) is 2. The van der Waals surface area contributed by atoms with Crippen LogP contribution in [0.5, 0.6) is 0 Å². The van der Waals surface area contributed by atoms with Crippen LogP contribution in [-0.2, 0) is 9.59 Å². The molecule has 0 atom stereocenters. The standard InChI is InChI=1S/C10H20N4O4/c1-13(2)4-5-14(3)10(18)12-6-8(15)11-7-9(16)17/h4-7H2,1-3H3,(H,11,15)(H,12,18)(H,16,17). The third-order valence-corrected chi connectivity index (χ3v) is 2.07. The molecule has 18 heavy (non-hydrogen) atoms. The Hall–Kier alpha value is -1.83. The normalized spacial score (nSPS) is 10.0. The summed E-state index contributed by atoms with van der Waals surface area (Å²) >= 11 is 0. The Balaban J connectivity index is 3.80. The van der Waals surface area contributed by atoms with Crippen molar-refractivity contribution in [2.75, 3.05) is 47.3 Å². The van der Waals surface area contributed by atoms with E-state index in [2.05, 4.69) is 10.6 Å². The summed E-state index contributed by atoms with van der Waals surface area (Å²) < 4.78 is 0. The molecule has 0 bridgehead atoms. The molecule has 8 nitrogen and oxygen atoms in total. The van der Waals surface area contributed by atoms with Crippen molar-refractivity contribution in [2.45, 2.75) is 0 Å². The third-order valence-electron chi connectivity index (χ3n) is 2.07. The summed E-state index contributed by atoms with van der Waals surface area (Å²) in [6.07, 6.45) is 0. The lowest BCUT2D eigenvalue weighted by atomic mass is 10.5. The number of aliphatic carboxylic acids is 1. The van der Waals surface area contributed by atoms with Gasteiger partial charge in [-0.15, -0.1) is 0 Å². The molecule has 104 valence electrons. The molecular weight excluding hydrogens is 240 g/mol. The second-order valence-electron chi connectivity index (χ2n) is 4.05. The number of hydrogen-bond acceptors (Lipinski definition) is 4. The van der Waals surface area contributed by atoms with E-state index >= 15 is 0 Å². The van der Waals surface area contributed by atoms with E-state index in [4.69, 9.17) is 5.11 Å². The van der Waals surface area contributed by atoms with Crippen molar-refractivity contribution in [3.05, 3.63) is 0 Å². The summed E-state index contributed by atoms with van der Waals surface area (Å²) in [6, 6.07) is -0.373. The number of carbonyl (C=O) groups is 3. The summed E-state index contributed by atoms with van der Waals surface area (Å²) in [6.45, 7) is 0.564. The molecule has 0 aromatic heterocycles. The number of likely N-dealkylation sites (N-methyl/N-ethyl adjacent to an activating group) is 2. The van der Waals surface area contributed by atoms with Gasteiger partial charge in [-0.1, -0.05) is 0 Å². The molecule has 0 fully saturated rings. The molecule has 3 N–H and O–H groups in total. The van der Waals surface area contributed by atoms with Crippen molar-refractivity contribution in [2.24, 2.45) is 0 Å². The number of amides is 3. The van der Waals surface area contributed by atoms with Gasteiger partial charge < -0.3 is 25.5 Å². The Labute approximate surface area is 106 Å². The molecule has 0 radical (unpaired) electrons. The van der Waals surface area contributed by atoms with Crippen LogP contribution in [-0.4, -0.2) is 80.1 Å². The summed E-state index contributed by atoms with van der Waals surface area (Å²) in [4.78, 5) is 36.2. The highest BCUT2D eigenvalue weighted by Gasteiger charge is 2.10. The van der Waals surface area contributed by atoms with E-state index in [-0.39, 0.29) is 12.6 Å². The van der Waals surface area contributed by atoms with Crippen molar-refractivity contribution >= 4 is 17.9 Å². The smallest absolute Gasteiger partial charge is 0.322 e. The molecule has 3 amide bonds. The number of rotatable bonds is 7. The van der Waals surface area contributed by atoms with Crippen LogP contribution < -0.4 is 10.6 Å². The van der Waals surface area contributed by atoms with Gasteiger partial charge in [-0.2, -0.15) is 0 Å². The molecule has 0 unspecified atom stereocenters. The van der Waals surface area contributed by atoms with Gasteiger partial charge in [0.05, 0.1) is 6.54 Å². The molecule has 0 spiro atoms. The molecule has 0 saturated carbocycles. The van der Waals surface area contributed by atoms with Gasteiger partial charge in [0.2, 0.25) is 5.91 Å². The first-order valence-electron chi connectivity index (χ1n) is 5.45. The van der Waals surface area contributed by atoms with Crippen molar-refractivity contribution in [1.82, 2.24) is 20.4 Å². The van der Waals surface area contributed by atoms with E-state index in [9.17, 15) is 14.4 Å². The van der Waals surface area contributed by atoms with Crippen LogP contribution in [0.3, 0.4) is 0 Å². The Kier molecular flexibility index (Phi) is 7.45. The zero-order valence-electron chi connectivity index (χ0n) is 10.9. The van der Waals surface area contributed by atoms with Crippen LogP contribution >= 0.6 is 0 Å². The molecule has 0 saturated heterocycles. The minimum Gasteiger partial charge on any atom is -0.480 e. The molecule has 0 aromatic carbocycles. The van der Waals surface area contributed by atoms with Crippen molar-refractivity contribution in [3.63, 3.8) is 0 Å². The molecular formula is C10H20N4O4. The van der Waals surface area contributed by atoms with E-state index in [0.717, 1.165) is 6.54 Å². The fraction of sp³-hybridized carbons (Fsp3) is 0.700. The summed E-state index contributed by atoms with van der Waals surface area (Å²) in [5.74, 6) is -1.66. The predicted octanol–water partition coefficient (Wildman–Crippen LogP) is -1.61. The Morgan fingerprint density at radius 3 is 2.11 bits per heavy atom. The lowest BCUT2D eigenvalue weighted by Gasteiger charge is -2.19. The second kappa shape index (κ2) is 8.29. The van der Waals surface area contributed by atoms with Crippen LogP contribution in [0.4, 0.5) is 4.79 Å². The number of carboxylic acid groups (broad SMARTS) is 1. The minimum atomic E-state index is -1.13. The van der Waals surface area contributed by atoms with Gasteiger partial charge >= 0.3 is 12.0 Å². The van der Waals surface area contributed by atoms with E-state index in [0.29, 0.717) is 6.54 Å². The van der Waals surface area contributed by atoms with E-state index in [1.54, 1.807) is 7.05 Å². The molecule has 0 rings (SSSR count). The van der Waals surface area contributed by atoms with Crippen molar-refractivity contribution in [1.29, 1.82) is 0 Å². The maximum absolute atomic E-state index is 11.5. The second-order valence-corrected chi connectivity index (χ2v) is 4.05. The summed E-state index contributed by atoms with van der Waals surface area (Å²) in [5.41, 5.74) is 0. The Morgan fingerprint density at radius 1 is 1.00 bits per heavy atom. The van der Waals surface area contributed by atoms with E-state index in [1.807, 2.05) is 19.0 Å². The van der Waals surface area contributed by atoms with E-state index in [1.165, 1.54) is 4.90 Å². The van der Waals surface area contributed by atoms with Gasteiger partial charge in [-0.25, -0.2) is 4.79 Å². The molecule has 0 aromatic rings. The lowest BCUT2D eigenvalue weighted by molar-refractivity contribution is -0.137. The van der Waals surface area contributed by atoms with Crippen LogP contribution in [0.2, 0.25) is 0 Å². The molecule has 0 heterocycles. The molecule has 0 aliphatic heterocycles. The maximum Gasteiger partial charge on any atom is 0.322 e. The third kappa shape index (κ3) is 8.34. The summed E-state index contributed by atoms with van der Waals surface area (Å²) in [7, 11) is 5.41. The first-order valence-corrected chi connectivity index (χ1v) is 5.45. The zero-order valence-corrected chi connectivity index (χ0v) is 10.9. The first kappa shape index (κ1) is 16.2. The Bertz CT molecular complexity index is 306. The molecule has 8 heteroatoms. The van der Waals surface area contributed by atoms with Crippen LogP contribution in [0.1, 0.15) is 0 Å². The minimum absolute atomic E-state index is 0.238. The first-order chi connectivity index (χ1) is 8.32. The largest absolute Gasteiger partial charge is 0.480 e. The van der Waals surface area contributed by atoms with Crippen molar-refractivity contribution < 1.29 is 19.5 Å². The fourth-order valence-electron chi connectivity index (χ4n) is 0.979. The highest BCUT2D eigenvalue weighted by atomic mass is 16.4.